The van der Waals surface area contributed by atoms with Gasteiger partial charge in [-0.05, 0) is 0 Å². The van der Waals surface area contributed by atoms with Gasteiger partial charge in [-0.2, -0.15) is 0 Å². The number of carbonyl (C=O) groups excluding carboxylic acids is 1. The highest BCUT2D eigenvalue weighted by Crippen LogP contribution is 2.33. The van der Waals surface area contributed by atoms with Crippen LogP contribution in [0.3, 0.4) is 0 Å². The van der Waals surface area contributed by atoms with E-state index in [4.69, 9.17) is 20.1 Å². The van der Waals surface area contributed by atoms with Gasteiger partial charge in [0.15, 0.2) is 0 Å². The SMILES string of the molecule is COc1cc(OC)c(CNC(=O)NN)c(OC)c1. The topological polar surface area (TPSA) is 94.8 Å². The molecule has 0 unspecified atom stereocenters. The summed E-state index contributed by atoms with van der Waals surface area (Å²) in [5.74, 6) is 6.70. The van der Waals surface area contributed by atoms with Gasteiger partial charge in [-0.25, -0.2) is 10.6 Å². The lowest BCUT2D eigenvalue weighted by Gasteiger charge is -2.15. The second-order valence-corrected chi connectivity index (χ2v) is 3.34. The number of hydrazine groups is 1. The first-order chi connectivity index (χ1) is 8.65. The fourth-order valence-corrected chi connectivity index (χ4v) is 1.47. The smallest absolute Gasteiger partial charge is 0.329 e. The van der Waals surface area contributed by atoms with Crippen LogP contribution >= 0.6 is 0 Å². The van der Waals surface area contributed by atoms with Crippen LogP contribution in [0.4, 0.5) is 4.79 Å². The molecule has 0 saturated heterocycles. The van der Waals surface area contributed by atoms with Crippen LogP contribution in [0.25, 0.3) is 0 Å². The summed E-state index contributed by atoms with van der Waals surface area (Å²) in [5.41, 5.74) is 2.67. The maximum atomic E-state index is 11.1. The van der Waals surface area contributed by atoms with Crippen molar-refractivity contribution in [3.8, 4) is 17.2 Å². The van der Waals surface area contributed by atoms with Crippen molar-refractivity contribution in [3.05, 3.63) is 17.7 Å². The summed E-state index contributed by atoms with van der Waals surface area (Å²) in [7, 11) is 4.61. The fraction of sp³-hybridized carbons (Fsp3) is 0.364. The van der Waals surface area contributed by atoms with Crippen molar-refractivity contribution in [2.75, 3.05) is 21.3 Å². The highest BCUT2D eigenvalue weighted by Gasteiger charge is 2.13. The van der Waals surface area contributed by atoms with Gasteiger partial charge < -0.3 is 19.5 Å². The van der Waals surface area contributed by atoms with Crippen LogP contribution in [0.15, 0.2) is 12.1 Å². The van der Waals surface area contributed by atoms with Crippen LogP contribution in [0.1, 0.15) is 5.56 Å². The normalized spacial score (nSPS) is 9.56. The lowest BCUT2D eigenvalue weighted by molar-refractivity contribution is 0.240. The minimum absolute atomic E-state index is 0.222. The zero-order valence-electron chi connectivity index (χ0n) is 10.6. The first kappa shape index (κ1) is 13.9. The molecule has 0 aliphatic heterocycles. The maximum absolute atomic E-state index is 11.1. The minimum atomic E-state index is -0.491. The molecule has 0 spiro atoms. The third-order valence-corrected chi connectivity index (χ3v) is 2.37. The van der Waals surface area contributed by atoms with Gasteiger partial charge in [0.05, 0.1) is 33.4 Å². The predicted molar refractivity (Wildman–Crippen MR) is 65.7 cm³/mol. The van der Waals surface area contributed by atoms with Gasteiger partial charge in [0, 0.05) is 12.1 Å². The molecular formula is C11H17N3O4. The molecule has 0 atom stereocenters. The number of amides is 2. The lowest BCUT2D eigenvalue weighted by Crippen LogP contribution is -2.39. The van der Waals surface area contributed by atoms with Crippen molar-refractivity contribution in [1.29, 1.82) is 0 Å². The molecule has 4 N–H and O–H groups in total. The molecule has 7 nitrogen and oxygen atoms in total. The number of ether oxygens (including phenoxy) is 3. The number of benzene rings is 1. The van der Waals surface area contributed by atoms with Crippen LogP contribution in [0.5, 0.6) is 17.2 Å². The van der Waals surface area contributed by atoms with Crippen LogP contribution in [0, 0.1) is 0 Å². The third-order valence-electron chi connectivity index (χ3n) is 2.37. The predicted octanol–water partition coefficient (Wildman–Crippen LogP) is 0.385. The first-order valence-electron chi connectivity index (χ1n) is 5.19. The molecular weight excluding hydrogens is 238 g/mol. The second kappa shape index (κ2) is 6.55. The molecule has 1 aromatic carbocycles. The number of rotatable bonds is 5. The Balaban J connectivity index is 3.03. The van der Waals surface area contributed by atoms with Crippen molar-refractivity contribution in [1.82, 2.24) is 10.7 Å². The average molecular weight is 255 g/mol. The number of hydrogen-bond donors (Lipinski definition) is 3. The largest absolute Gasteiger partial charge is 0.496 e. The van der Waals surface area contributed by atoms with Crippen LogP contribution in [-0.2, 0) is 6.54 Å². The molecule has 100 valence electrons. The summed E-state index contributed by atoms with van der Waals surface area (Å²) in [6, 6.07) is 2.93. The number of nitrogens with two attached hydrogens (primary N) is 1. The van der Waals surface area contributed by atoms with E-state index in [9.17, 15) is 4.79 Å². The number of urea groups is 1. The Hall–Kier alpha value is -2.15. The van der Waals surface area contributed by atoms with Crippen molar-refractivity contribution in [2.24, 2.45) is 5.84 Å². The summed E-state index contributed by atoms with van der Waals surface area (Å²) in [4.78, 5) is 11.1. The summed E-state index contributed by atoms with van der Waals surface area (Å²) < 4.78 is 15.6. The highest BCUT2D eigenvalue weighted by atomic mass is 16.5. The average Bonchev–Trinajstić information content (AvgIpc) is 2.43. The molecule has 0 aliphatic carbocycles. The van der Waals surface area contributed by atoms with E-state index in [2.05, 4.69) is 5.32 Å². The van der Waals surface area contributed by atoms with Gasteiger partial charge in [0.1, 0.15) is 17.2 Å². The van der Waals surface area contributed by atoms with Gasteiger partial charge in [-0.1, -0.05) is 0 Å². The van der Waals surface area contributed by atoms with Crippen molar-refractivity contribution in [2.45, 2.75) is 6.54 Å². The zero-order valence-corrected chi connectivity index (χ0v) is 10.6. The van der Waals surface area contributed by atoms with E-state index in [0.29, 0.717) is 22.8 Å². The van der Waals surface area contributed by atoms with E-state index in [0.717, 1.165) is 0 Å². The van der Waals surface area contributed by atoms with Crippen molar-refractivity contribution >= 4 is 6.03 Å². The van der Waals surface area contributed by atoms with Gasteiger partial charge >= 0.3 is 6.03 Å². The molecule has 2 amide bonds. The number of nitrogens with one attached hydrogen (secondary N) is 2. The highest BCUT2D eigenvalue weighted by molar-refractivity contribution is 5.73. The van der Waals surface area contributed by atoms with Crippen LogP contribution in [0.2, 0.25) is 0 Å². The molecule has 0 heterocycles. The van der Waals surface area contributed by atoms with Crippen LogP contribution < -0.4 is 30.8 Å². The Kier molecular flexibility index (Phi) is 5.06. The molecule has 0 aromatic heterocycles. The third kappa shape index (κ3) is 3.17. The van der Waals surface area contributed by atoms with Gasteiger partial charge in [0.25, 0.3) is 0 Å². The van der Waals surface area contributed by atoms with Crippen LogP contribution in [-0.4, -0.2) is 27.4 Å². The van der Waals surface area contributed by atoms with E-state index in [1.165, 1.54) is 14.2 Å². The van der Waals surface area contributed by atoms with E-state index >= 15 is 0 Å². The molecule has 1 rings (SSSR count). The summed E-state index contributed by atoms with van der Waals surface area (Å²) >= 11 is 0. The van der Waals surface area contributed by atoms with Gasteiger partial charge in [0.2, 0.25) is 0 Å². The second-order valence-electron chi connectivity index (χ2n) is 3.34. The fourth-order valence-electron chi connectivity index (χ4n) is 1.47. The van der Waals surface area contributed by atoms with E-state index in [1.54, 1.807) is 19.2 Å². The number of hydrogen-bond acceptors (Lipinski definition) is 5. The van der Waals surface area contributed by atoms with Crippen molar-refractivity contribution in [3.63, 3.8) is 0 Å². The molecule has 0 aliphatic rings. The van der Waals surface area contributed by atoms with Crippen molar-refractivity contribution < 1.29 is 19.0 Å². The molecule has 0 radical (unpaired) electrons. The molecule has 18 heavy (non-hydrogen) atoms. The zero-order chi connectivity index (χ0) is 13.5. The molecule has 0 bridgehead atoms. The van der Waals surface area contributed by atoms with E-state index < -0.39 is 6.03 Å². The summed E-state index contributed by atoms with van der Waals surface area (Å²) in [6.45, 7) is 0.222. The quantitative estimate of drug-likeness (QED) is 0.402. The Morgan fingerprint density at radius 2 is 1.72 bits per heavy atom. The number of methoxy groups -OCH3 is 3. The van der Waals surface area contributed by atoms with E-state index in [-0.39, 0.29) is 6.54 Å². The maximum Gasteiger partial charge on any atom is 0.329 e. The molecule has 0 saturated carbocycles. The van der Waals surface area contributed by atoms with Gasteiger partial charge in [-0.15, -0.1) is 0 Å². The minimum Gasteiger partial charge on any atom is -0.496 e. The lowest BCUT2D eigenvalue weighted by atomic mass is 10.1. The monoisotopic (exact) mass is 255 g/mol. The molecule has 0 fully saturated rings. The Morgan fingerprint density at radius 3 is 2.11 bits per heavy atom. The Labute approximate surface area is 105 Å². The molecule has 1 aromatic rings. The Morgan fingerprint density at radius 1 is 1.17 bits per heavy atom. The number of carbonyl (C=O) groups is 1. The molecule has 7 heteroatoms. The standard InChI is InChI=1S/C11H17N3O4/c1-16-7-4-9(17-2)8(10(5-7)18-3)6-13-11(15)14-12/h4-5H,6,12H2,1-3H3,(H2,13,14,15). The summed E-state index contributed by atoms with van der Waals surface area (Å²) in [5, 5.41) is 2.56. The first-order valence-corrected chi connectivity index (χ1v) is 5.19. The van der Waals surface area contributed by atoms with Gasteiger partial charge in [-0.3, -0.25) is 5.43 Å². The Bertz CT molecular complexity index is 398. The summed E-state index contributed by atoms with van der Waals surface area (Å²) in [6.07, 6.45) is 0. The van der Waals surface area contributed by atoms with E-state index in [1.807, 2.05) is 5.43 Å².